The van der Waals surface area contributed by atoms with Crippen molar-refractivity contribution in [1.29, 1.82) is 0 Å². The van der Waals surface area contributed by atoms with E-state index in [1.54, 1.807) is 24.3 Å². The molecule has 0 unspecified atom stereocenters. The molecular weight excluding hydrogens is 394 g/mol. The Morgan fingerprint density at radius 3 is 1.79 bits per heavy atom. The average molecular weight is 416 g/mol. The Hall–Kier alpha value is -2.06. The minimum Gasteiger partial charge on any atom is -0.314 e. The molecule has 2 aromatic carbocycles. The molecule has 1 heterocycles. The van der Waals surface area contributed by atoms with Crippen molar-refractivity contribution >= 4 is 0 Å². The first-order valence-corrected chi connectivity index (χ1v) is 9.42. The molecule has 1 aliphatic heterocycles. The van der Waals surface area contributed by atoms with Crippen LogP contribution in [0.25, 0.3) is 11.1 Å². The third-order valence-electron chi connectivity index (χ3n) is 5.13. The largest absolute Gasteiger partial charge is 0.416 e. The normalized spacial score (nSPS) is 17.3. The fourth-order valence-corrected chi connectivity index (χ4v) is 3.60. The number of rotatable bonds is 5. The first kappa shape index (κ1) is 21.6. The van der Waals surface area contributed by atoms with E-state index in [1.165, 1.54) is 12.1 Å². The summed E-state index contributed by atoms with van der Waals surface area (Å²) in [7, 11) is 0. The fraction of sp³-hybridized carbons (Fsp3) is 0.429. The van der Waals surface area contributed by atoms with Gasteiger partial charge in [0.1, 0.15) is 0 Å². The summed E-state index contributed by atoms with van der Waals surface area (Å²) in [4.78, 5) is 2.05. The third kappa shape index (κ3) is 5.96. The average Bonchev–Trinajstić information content (AvgIpc) is 2.68. The van der Waals surface area contributed by atoms with E-state index >= 15 is 0 Å². The molecule has 0 saturated carbocycles. The molecule has 1 saturated heterocycles. The Bertz CT molecular complexity index is 775. The van der Waals surface area contributed by atoms with Crippen LogP contribution in [0.2, 0.25) is 0 Å². The molecule has 0 amide bonds. The maximum atomic E-state index is 12.8. The Labute approximate surface area is 165 Å². The van der Waals surface area contributed by atoms with Crippen LogP contribution < -0.4 is 5.32 Å². The monoisotopic (exact) mass is 416 g/mol. The summed E-state index contributed by atoms with van der Waals surface area (Å²) in [5.74, 6) is 0. The van der Waals surface area contributed by atoms with Crippen molar-refractivity contribution in [2.24, 2.45) is 0 Å². The molecule has 1 aliphatic rings. The second kappa shape index (κ2) is 8.75. The smallest absolute Gasteiger partial charge is 0.314 e. The zero-order chi connectivity index (χ0) is 21.1. The fourth-order valence-electron chi connectivity index (χ4n) is 3.60. The summed E-state index contributed by atoms with van der Waals surface area (Å²) >= 11 is 0. The van der Waals surface area contributed by atoms with Crippen molar-refractivity contribution in [3.05, 3.63) is 59.7 Å². The van der Waals surface area contributed by atoms with Crippen molar-refractivity contribution in [2.75, 3.05) is 26.2 Å². The Morgan fingerprint density at radius 2 is 1.31 bits per heavy atom. The van der Waals surface area contributed by atoms with Crippen LogP contribution >= 0.6 is 0 Å². The van der Waals surface area contributed by atoms with Crippen LogP contribution in [0, 0.1) is 0 Å². The van der Waals surface area contributed by atoms with Gasteiger partial charge in [0.2, 0.25) is 0 Å². The molecule has 0 aliphatic carbocycles. The first-order valence-electron chi connectivity index (χ1n) is 9.42. The lowest BCUT2D eigenvalue weighted by Crippen LogP contribution is -2.45. The zero-order valence-corrected chi connectivity index (χ0v) is 15.7. The highest BCUT2D eigenvalue weighted by Gasteiger charge is 2.32. The van der Waals surface area contributed by atoms with Crippen molar-refractivity contribution in [3.63, 3.8) is 0 Å². The summed E-state index contributed by atoms with van der Waals surface area (Å²) in [5.41, 5.74) is 1.41. The van der Waals surface area contributed by atoms with Crippen LogP contribution in [0.15, 0.2) is 48.5 Å². The molecule has 1 atom stereocenters. The molecule has 0 aromatic heterocycles. The number of alkyl halides is 6. The van der Waals surface area contributed by atoms with Gasteiger partial charge >= 0.3 is 12.4 Å². The van der Waals surface area contributed by atoms with E-state index in [1.807, 2.05) is 0 Å². The summed E-state index contributed by atoms with van der Waals surface area (Å²) in [6.07, 6.45) is -9.49. The third-order valence-corrected chi connectivity index (χ3v) is 5.13. The standard InChI is InChI=1S/C21H22F6N2/c22-20(23,24)10-9-19(29-13-11-28-12-14-29)17-3-1-15(2-4-17)16-5-7-18(8-6-16)21(25,26)27/h1-8,19,28H,9-14H2/t19-/m0/s1. The van der Waals surface area contributed by atoms with Crippen LogP contribution in [0.5, 0.6) is 0 Å². The van der Waals surface area contributed by atoms with E-state index in [9.17, 15) is 26.3 Å². The van der Waals surface area contributed by atoms with Gasteiger partial charge in [0.15, 0.2) is 0 Å². The van der Waals surface area contributed by atoms with Crippen molar-refractivity contribution in [2.45, 2.75) is 31.2 Å². The molecular formula is C21H22F6N2. The Balaban J connectivity index is 1.79. The minimum absolute atomic E-state index is 0.0247. The molecule has 3 rings (SSSR count). The van der Waals surface area contributed by atoms with E-state index in [0.717, 1.165) is 36.3 Å². The van der Waals surface area contributed by atoms with Crippen LogP contribution in [0.4, 0.5) is 26.3 Å². The van der Waals surface area contributed by atoms with E-state index in [-0.39, 0.29) is 12.5 Å². The molecule has 1 fully saturated rings. The number of benzene rings is 2. The molecule has 2 nitrogen and oxygen atoms in total. The number of hydrogen-bond acceptors (Lipinski definition) is 2. The zero-order valence-electron chi connectivity index (χ0n) is 15.7. The number of halogens is 6. The van der Waals surface area contributed by atoms with Crippen LogP contribution in [0.1, 0.15) is 30.0 Å². The van der Waals surface area contributed by atoms with E-state index in [4.69, 9.17) is 0 Å². The van der Waals surface area contributed by atoms with Gasteiger partial charge < -0.3 is 5.32 Å². The van der Waals surface area contributed by atoms with E-state index < -0.39 is 24.3 Å². The number of nitrogens with one attached hydrogen (secondary N) is 1. The Morgan fingerprint density at radius 1 is 0.793 bits per heavy atom. The molecule has 0 bridgehead atoms. The molecule has 1 N–H and O–H groups in total. The minimum atomic E-state index is -4.39. The van der Waals surface area contributed by atoms with Crippen LogP contribution in [0.3, 0.4) is 0 Å². The summed E-state index contributed by atoms with van der Waals surface area (Å²) < 4.78 is 76.5. The SMILES string of the molecule is FC(F)(F)CC[C@@H](c1ccc(-c2ccc(C(F)(F)F)cc2)cc1)N1CCNCC1. The van der Waals surface area contributed by atoms with Crippen molar-refractivity contribution in [1.82, 2.24) is 10.2 Å². The number of piperazine rings is 1. The predicted octanol–water partition coefficient (Wildman–Crippen LogP) is 5.66. The highest BCUT2D eigenvalue weighted by atomic mass is 19.4. The summed E-state index contributed by atoms with van der Waals surface area (Å²) in [6, 6.07) is 11.5. The maximum absolute atomic E-state index is 12.8. The lowest BCUT2D eigenvalue weighted by Gasteiger charge is -2.35. The van der Waals surface area contributed by atoms with Gasteiger partial charge in [-0.3, -0.25) is 4.90 Å². The molecule has 8 heteroatoms. The molecule has 2 aromatic rings. The number of nitrogens with zero attached hydrogens (tertiary/aromatic N) is 1. The van der Waals surface area contributed by atoms with Crippen LogP contribution in [-0.4, -0.2) is 37.3 Å². The number of hydrogen-bond donors (Lipinski definition) is 1. The molecule has 158 valence electrons. The maximum Gasteiger partial charge on any atom is 0.416 e. The highest BCUT2D eigenvalue weighted by Crippen LogP contribution is 2.34. The van der Waals surface area contributed by atoms with Crippen molar-refractivity contribution < 1.29 is 26.3 Å². The first-order chi connectivity index (χ1) is 13.6. The van der Waals surface area contributed by atoms with Crippen LogP contribution in [-0.2, 0) is 6.18 Å². The lowest BCUT2D eigenvalue weighted by molar-refractivity contribution is -0.139. The van der Waals surface area contributed by atoms with Gasteiger partial charge in [-0.05, 0) is 35.2 Å². The van der Waals surface area contributed by atoms with Gasteiger partial charge in [0, 0.05) is 38.6 Å². The van der Waals surface area contributed by atoms with Gasteiger partial charge in [-0.25, -0.2) is 0 Å². The van der Waals surface area contributed by atoms with Crippen molar-refractivity contribution in [3.8, 4) is 11.1 Å². The Kier molecular flexibility index (Phi) is 6.53. The van der Waals surface area contributed by atoms with E-state index in [2.05, 4.69) is 10.2 Å². The quantitative estimate of drug-likeness (QED) is 0.633. The van der Waals surface area contributed by atoms with Gasteiger partial charge in [0.25, 0.3) is 0 Å². The predicted molar refractivity (Wildman–Crippen MR) is 99.4 cm³/mol. The summed E-state index contributed by atoms with van der Waals surface area (Å²) in [5, 5.41) is 3.20. The summed E-state index contributed by atoms with van der Waals surface area (Å²) in [6.45, 7) is 2.80. The lowest BCUT2D eigenvalue weighted by atomic mass is 9.96. The van der Waals surface area contributed by atoms with E-state index in [0.29, 0.717) is 18.7 Å². The second-order valence-electron chi connectivity index (χ2n) is 7.15. The van der Waals surface area contributed by atoms with Gasteiger partial charge in [-0.2, -0.15) is 26.3 Å². The molecule has 0 spiro atoms. The highest BCUT2D eigenvalue weighted by molar-refractivity contribution is 5.64. The molecule has 0 radical (unpaired) electrons. The molecule has 29 heavy (non-hydrogen) atoms. The topological polar surface area (TPSA) is 15.3 Å². The van der Waals surface area contributed by atoms with Gasteiger partial charge in [-0.1, -0.05) is 36.4 Å². The second-order valence-corrected chi connectivity index (χ2v) is 7.15. The van der Waals surface area contributed by atoms with Gasteiger partial charge in [-0.15, -0.1) is 0 Å². The van der Waals surface area contributed by atoms with Gasteiger partial charge in [0.05, 0.1) is 5.56 Å².